The first kappa shape index (κ1) is 11.9. The van der Waals surface area contributed by atoms with Gasteiger partial charge in [-0.05, 0) is 31.0 Å². The summed E-state index contributed by atoms with van der Waals surface area (Å²) in [5.41, 5.74) is 6.16. The first-order valence-corrected chi connectivity index (χ1v) is 5.65. The second-order valence-electron chi connectivity index (χ2n) is 4.25. The molecule has 92 valence electrons. The van der Waals surface area contributed by atoms with Crippen LogP contribution in [-0.4, -0.2) is 30.1 Å². The Morgan fingerprint density at radius 2 is 2.35 bits per heavy atom. The van der Waals surface area contributed by atoms with Crippen LogP contribution >= 0.6 is 0 Å². The summed E-state index contributed by atoms with van der Waals surface area (Å²) in [7, 11) is 0. The number of nitrogens with one attached hydrogen (secondary N) is 1. The average Bonchev–Trinajstić information content (AvgIpc) is 2.76. The van der Waals surface area contributed by atoms with E-state index in [-0.39, 0.29) is 18.5 Å². The van der Waals surface area contributed by atoms with Crippen molar-refractivity contribution in [2.24, 2.45) is 5.73 Å². The van der Waals surface area contributed by atoms with E-state index in [0.717, 1.165) is 19.4 Å². The maximum atomic E-state index is 13.9. The van der Waals surface area contributed by atoms with Gasteiger partial charge in [-0.3, -0.25) is 5.41 Å². The second-order valence-corrected chi connectivity index (χ2v) is 4.25. The predicted octanol–water partition coefficient (Wildman–Crippen LogP) is 1.07. The van der Waals surface area contributed by atoms with Crippen LogP contribution in [0, 0.1) is 11.2 Å². The predicted molar refractivity (Wildman–Crippen MR) is 64.9 cm³/mol. The van der Waals surface area contributed by atoms with Crippen LogP contribution in [0.1, 0.15) is 18.4 Å². The number of nitrogens with zero attached hydrogens (tertiary/aromatic N) is 1. The Labute approximate surface area is 99.4 Å². The van der Waals surface area contributed by atoms with E-state index in [0.29, 0.717) is 11.3 Å². The maximum absolute atomic E-state index is 13.9. The fraction of sp³-hybridized carbons (Fsp3) is 0.417. The molecule has 4 N–H and O–H groups in total. The van der Waals surface area contributed by atoms with E-state index >= 15 is 0 Å². The smallest absolute Gasteiger partial charge is 0.147 e. The van der Waals surface area contributed by atoms with E-state index in [1.54, 1.807) is 12.1 Å². The van der Waals surface area contributed by atoms with Crippen molar-refractivity contribution in [3.8, 4) is 0 Å². The van der Waals surface area contributed by atoms with Gasteiger partial charge in [0.2, 0.25) is 0 Å². The minimum atomic E-state index is -0.391. The number of nitrogen functional groups attached to an aromatic ring is 1. The average molecular weight is 237 g/mol. The van der Waals surface area contributed by atoms with Crippen LogP contribution in [0.5, 0.6) is 0 Å². The molecule has 0 amide bonds. The van der Waals surface area contributed by atoms with Gasteiger partial charge in [0.15, 0.2) is 0 Å². The first-order chi connectivity index (χ1) is 8.13. The molecule has 1 saturated heterocycles. The molecule has 1 heterocycles. The lowest BCUT2D eigenvalue weighted by Gasteiger charge is -2.25. The van der Waals surface area contributed by atoms with Crippen LogP contribution in [0.4, 0.5) is 10.1 Å². The number of amidine groups is 1. The van der Waals surface area contributed by atoms with Crippen molar-refractivity contribution < 1.29 is 9.50 Å². The van der Waals surface area contributed by atoms with Gasteiger partial charge in [0, 0.05) is 12.1 Å². The molecule has 0 aromatic heterocycles. The van der Waals surface area contributed by atoms with Crippen LogP contribution < -0.4 is 10.6 Å². The SMILES string of the molecule is N=C(N)c1ccc(N2CCCC2CO)c(F)c1. The summed E-state index contributed by atoms with van der Waals surface area (Å²) in [6.07, 6.45) is 1.84. The number of halogens is 1. The Hall–Kier alpha value is -1.62. The highest BCUT2D eigenvalue weighted by Crippen LogP contribution is 2.28. The molecule has 4 nitrogen and oxygen atoms in total. The zero-order chi connectivity index (χ0) is 12.4. The van der Waals surface area contributed by atoms with Gasteiger partial charge in [-0.1, -0.05) is 0 Å². The molecule has 5 heteroatoms. The second kappa shape index (κ2) is 4.71. The van der Waals surface area contributed by atoms with Gasteiger partial charge in [0.05, 0.1) is 18.3 Å². The molecular weight excluding hydrogens is 221 g/mol. The van der Waals surface area contributed by atoms with Crippen molar-refractivity contribution >= 4 is 11.5 Å². The number of rotatable bonds is 3. The molecule has 1 unspecified atom stereocenters. The monoisotopic (exact) mass is 237 g/mol. The number of anilines is 1. The van der Waals surface area contributed by atoms with E-state index in [1.165, 1.54) is 6.07 Å². The Bertz CT molecular complexity index is 436. The molecule has 2 rings (SSSR count). The van der Waals surface area contributed by atoms with Gasteiger partial charge < -0.3 is 15.7 Å². The third-order valence-corrected chi connectivity index (χ3v) is 3.16. The highest BCUT2D eigenvalue weighted by atomic mass is 19.1. The highest BCUT2D eigenvalue weighted by Gasteiger charge is 2.26. The zero-order valence-corrected chi connectivity index (χ0v) is 9.49. The number of hydrogen-bond acceptors (Lipinski definition) is 3. The normalized spacial score (nSPS) is 19.6. The zero-order valence-electron chi connectivity index (χ0n) is 9.49. The van der Waals surface area contributed by atoms with Gasteiger partial charge in [0.25, 0.3) is 0 Å². The Morgan fingerprint density at radius 3 is 2.94 bits per heavy atom. The number of hydrogen-bond donors (Lipinski definition) is 3. The van der Waals surface area contributed by atoms with Crippen molar-refractivity contribution in [1.82, 2.24) is 0 Å². The topological polar surface area (TPSA) is 73.3 Å². The summed E-state index contributed by atoms with van der Waals surface area (Å²) < 4.78 is 13.9. The van der Waals surface area contributed by atoms with E-state index in [9.17, 15) is 9.50 Å². The molecule has 0 spiro atoms. The minimum Gasteiger partial charge on any atom is -0.394 e. The maximum Gasteiger partial charge on any atom is 0.147 e. The van der Waals surface area contributed by atoms with Crippen molar-refractivity contribution in [2.75, 3.05) is 18.1 Å². The molecule has 0 bridgehead atoms. The number of aliphatic hydroxyl groups is 1. The molecule has 1 aliphatic heterocycles. The van der Waals surface area contributed by atoms with E-state index in [4.69, 9.17) is 11.1 Å². The number of aliphatic hydroxyl groups excluding tert-OH is 1. The first-order valence-electron chi connectivity index (χ1n) is 5.65. The molecule has 1 aromatic rings. The van der Waals surface area contributed by atoms with Crippen molar-refractivity contribution in [1.29, 1.82) is 5.41 Å². The molecule has 0 radical (unpaired) electrons. The van der Waals surface area contributed by atoms with Crippen LogP contribution in [0.2, 0.25) is 0 Å². The minimum absolute atomic E-state index is 0.00678. The lowest BCUT2D eigenvalue weighted by Crippen LogP contribution is -2.32. The van der Waals surface area contributed by atoms with Crippen LogP contribution in [0.15, 0.2) is 18.2 Å². The molecule has 1 atom stereocenters. The molecule has 1 aromatic carbocycles. The summed E-state index contributed by atoms with van der Waals surface area (Å²) in [4.78, 5) is 1.87. The molecule has 0 saturated carbocycles. The molecule has 1 aliphatic rings. The summed E-state index contributed by atoms with van der Waals surface area (Å²) in [6.45, 7) is 0.787. The van der Waals surface area contributed by atoms with Crippen LogP contribution in [0.25, 0.3) is 0 Å². The van der Waals surface area contributed by atoms with E-state index in [2.05, 4.69) is 0 Å². The fourth-order valence-corrected chi connectivity index (χ4v) is 2.25. The van der Waals surface area contributed by atoms with Crippen LogP contribution in [-0.2, 0) is 0 Å². The lowest BCUT2D eigenvalue weighted by molar-refractivity contribution is 0.266. The van der Waals surface area contributed by atoms with Crippen molar-refractivity contribution in [2.45, 2.75) is 18.9 Å². The standard InChI is InChI=1S/C12H16FN3O/c13-10-6-8(12(14)15)3-4-11(10)16-5-1-2-9(16)7-17/h3-4,6,9,17H,1-2,5,7H2,(H3,14,15). The Kier molecular flexibility index (Phi) is 3.28. The number of benzene rings is 1. The van der Waals surface area contributed by atoms with Crippen molar-refractivity contribution in [3.63, 3.8) is 0 Å². The summed E-state index contributed by atoms with van der Waals surface area (Å²) in [6, 6.07) is 4.52. The third-order valence-electron chi connectivity index (χ3n) is 3.16. The summed E-state index contributed by atoms with van der Waals surface area (Å²) >= 11 is 0. The molecular formula is C12H16FN3O. The third kappa shape index (κ3) is 2.24. The molecule has 1 fully saturated rings. The van der Waals surface area contributed by atoms with Gasteiger partial charge >= 0.3 is 0 Å². The molecule has 17 heavy (non-hydrogen) atoms. The van der Waals surface area contributed by atoms with Gasteiger partial charge in [-0.2, -0.15) is 0 Å². The quantitative estimate of drug-likeness (QED) is 0.544. The Balaban J connectivity index is 2.30. The largest absolute Gasteiger partial charge is 0.394 e. The highest BCUT2D eigenvalue weighted by molar-refractivity contribution is 5.95. The van der Waals surface area contributed by atoms with Gasteiger partial charge in [0.1, 0.15) is 11.7 Å². The van der Waals surface area contributed by atoms with Gasteiger partial charge in [-0.25, -0.2) is 4.39 Å². The summed E-state index contributed by atoms with van der Waals surface area (Å²) in [5, 5.41) is 16.5. The summed E-state index contributed by atoms with van der Waals surface area (Å²) in [5.74, 6) is -0.534. The van der Waals surface area contributed by atoms with Crippen LogP contribution in [0.3, 0.4) is 0 Å². The van der Waals surface area contributed by atoms with Crippen molar-refractivity contribution in [3.05, 3.63) is 29.6 Å². The Morgan fingerprint density at radius 1 is 1.59 bits per heavy atom. The fourth-order valence-electron chi connectivity index (χ4n) is 2.25. The van der Waals surface area contributed by atoms with E-state index < -0.39 is 5.82 Å². The molecule has 0 aliphatic carbocycles. The van der Waals surface area contributed by atoms with Gasteiger partial charge in [-0.15, -0.1) is 0 Å². The number of nitrogens with two attached hydrogens (primary N) is 1. The van der Waals surface area contributed by atoms with E-state index in [1.807, 2.05) is 4.90 Å². The lowest BCUT2D eigenvalue weighted by atomic mass is 10.1.